The largest absolute Gasteiger partial charge is 0.280 e. The van der Waals surface area contributed by atoms with E-state index < -0.39 is 10.0 Å². The smallest absolute Gasteiger partial charge is 0.262 e. The molecule has 0 bridgehead atoms. The van der Waals surface area contributed by atoms with E-state index in [-0.39, 0.29) is 0 Å². The number of para-hydroxylation sites is 1. The molecule has 4 heteroatoms. The van der Waals surface area contributed by atoms with Gasteiger partial charge in [0.05, 0.1) is 4.90 Å². The van der Waals surface area contributed by atoms with Crippen molar-refractivity contribution in [2.75, 3.05) is 4.72 Å². The van der Waals surface area contributed by atoms with Crippen molar-refractivity contribution in [1.29, 1.82) is 0 Å². The van der Waals surface area contributed by atoms with Gasteiger partial charge in [-0.15, -0.1) is 0 Å². The monoisotopic (exact) mass is 283 g/mol. The molecule has 1 N–H and O–H groups in total. The quantitative estimate of drug-likeness (QED) is 0.797. The molecule has 3 aromatic carbocycles. The maximum Gasteiger partial charge on any atom is 0.262 e. The van der Waals surface area contributed by atoms with E-state index in [1.807, 2.05) is 36.4 Å². The molecule has 0 fully saturated rings. The second kappa shape index (κ2) is 4.98. The van der Waals surface area contributed by atoms with Gasteiger partial charge in [0.25, 0.3) is 10.0 Å². The molecule has 0 aliphatic carbocycles. The van der Waals surface area contributed by atoms with Gasteiger partial charge in [-0.2, -0.15) is 0 Å². The third-order valence-electron chi connectivity index (χ3n) is 3.07. The van der Waals surface area contributed by atoms with Crippen LogP contribution in [0.4, 0.5) is 5.69 Å². The van der Waals surface area contributed by atoms with E-state index in [1.165, 1.54) is 0 Å². The fraction of sp³-hybridized carbons (Fsp3) is 0. The van der Waals surface area contributed by atoms with Crippen LogP contribution in [-0.2, 0) is 10.0 Å². The number of anilines is 1. The van der Waals surface area contributed by atoms with Gasteiger partial charge < -0.3 is 0 Å². The van der Waals surface area contributed by atoms with E-state index in [2.05, 4.69) is 4.72 Å². The Labute approximate surface area is 117 Å². The number of hydrogen-bond donors (Lipinski definition) is 1. The van der Waals surface area contributed by atoms with Crippen molar-refractivity contribution in [2.24, 2.45) is 0 Å². The summed E-state index contributed by atoms with van der Waals surface area (Å²) in [6, 6.07) is 21.6. The molecule has 3 rings (SSSR count). The Bertz CT molecular complexity index is 837. The lowest BCUT2D eigenvalue weighted by molar-refractivity contribution is 0.602. The molecular weight excluding hydrogens is 270 g/mol. The van der Waals surface area contributed by atoms with Crippen molar-refractivity contribution in [3.8, 4) is 0 Å². The number of hydrogen-bond acceptors (Lipinski definition) is 2. The van der Waals surface area contributed by atoms with E-state index in [0.717, 1.165) is 10.8 Å². The molecule has 0 saturated carbocycles. The summed E-state index contributed by atoms with van der Waals surface area (Å²) in [7, 11) is -3.59. The molecule has 20 heavy (non-hydrogen) atoms. The molecule has 100 valence electrons. The summed E-state index contributed by atoms with van der Waals surface area (Å²) in [5.74, 6) is 0. The number of rotatable bonds is 3. The zero-order chi connectivity index (χ0) is 14.0. The Morgan fingerprint density at radius 3 is 2.15 bits per heavy atom. The van der Waals surface area contributed by atoms with E-state index in [4.69, 9.17) is 0 Å². The summed E-state index contributed by atoms with van der Waals surface area (Å²) >= 11 is 0. The van der Waals surface area contributed by atoms with E-state index in [1.54, 1.807) is 36.4 Å². The molecule has 0 radical (unpaired) electrons. The van der Waals surface area contributed by atoms with Gasteiger partial charge in [0, 0.05) is 11.1 Å². The molecule has 0 saturated heterocycles. The van der Waals surface area contributed by atoms with Crippen LogP contribution in [0.25, 0.3) is 10.8 Å². The van der Waals surface area contributed by atoms with E-state index in [0.29, 0.717) is 10.6 Å². The fourth-order valence-corrected chi connectivity index (χ4v) is 3.44. The lowest BCUT2D eigenvalue weighted by Crippen LogP contribution is -2.13. The normalized spacial score (nSPS) is 11.4. The van der Waals surface area contributed by atoms with Crippen LogP contribution in [0.2, 0.25) is 0 Å². The first-order valence-electron chi connectivity index (χ1n) is 6.22. The summed E-state index contributed by atoms with van der Waals surface area (Å²) in [4.78, 5) is 0.291. The highest BCUT2D eigenvalue weighted by molar-refractivity contribution is 7.93. The predicted molar refractivity (Wildman–Crippen MR) is 81.2 cm³/mol. The molecular formula is C16H13NO2S. The van der Waals surface area contributed by atoms with Gasteiger partial charge >= 0.3 is 0 Å². The highest BCUT2D eigenvalue weighted by Crippen LogP contribution is 2.24. The van der Waals surface area contributed by atoms with Crippen LogP contribution in [0.3, 0.4) is 0 Å². The van der Waals surface area contributed by atoms with Crippen LogP contribution in [0.1, 0.15) is 0 Å². The minimum Gasteiger partial charge on any atom is -0.280 e. The first-order chi connectivity index (χ1) is 9.67. The second-order valence-corrected chi connectivity index (χ2v) is 6.10. The Morgan fingerprint density at radius 2 is 1.35 bits per heavy atom. The average Bonchev–Trinajstić information content (AvgIpc) is 2.47. The van der Waals surface area contributed by atoms with Crippen molar-refractivity contribution in [3.05, 3.63) is 72.8 Å². The summed E-state index contributed by atoms with van der Waals surface area (Å²) in [6.07, 6.45) is 0. The first kappa shape index (κ1) is 12.7. The van der Waals surface area contributed by atoms with Crippen LogP contribution in [-0.4, -0.2) is 8.42 Å². The molecule has 0 amide bonds. The minimum absolute atomic E-state index is 0.291. The Morgan fingerprint density at radius 1 is 0.700 bits per heavy atom. The number of benzene rings is 3. The Hall–Kier alpha value is -2.33. The lowest BCUT2D eigenvalue weighted by Gasteiger charge is -2.10. The van der Waals surface area contributed by atoms with Crippen molar-refractivity contribution in [3.63, 3.8) is 0 Å². The van der Waals surface area contributed by atoms with Crippen molar-refractivity contribution >= 4 is 26.5 Å². The summed E-state index contributed by atoms with van der Waals surface area (Å²) in [5, 5.41) is 1.63. The van der Waals surface area contributed by atoms with E-state index in [9.17, 15) is 8.42 Å². The fourth-order valence-electron chi connectivity index (χ4n) is 2.15. The van der Waals surface area contributed by atoms with Gasteiger partial charge in [0.15, 0.2) is 0 Å². The molecule has 0 heterocycles. The molecule has 3 nitrogen and oxygen atoms in total. The van der Waals surface area contributed by atoms with Crippen molar-refractivity contribution < 1.29 is 8.42 Å². The van der Waals surface area contributed by atoms with Crippen LogP contribution in [0.15, 0.2) is 77.7 Å². The number of nitrogens with one attached hydrogen (secondary N) is 1. The number of fused-ring (bicyclic) bond motifs is 1. The van der Waals surface area contributed by atoms with Crippen LogP contribution >= 0.6 is 0 Å². The highest BCUT2D eigenvalue weighted by Gasteiger charge is 2.16. The third kappa shape index (κ3) is 2.38. The standard InChI is InChI=1S/C16H13NO2S/c18-20(19,17-14-9-2-1-3-10-14)16-12-6-8-13-7-4-5-11-15(13)16/h1-12,17H. The van der Waals surface area contributed by atoms with Crippen LogP contribution in [0, 0.1) is 0 Å². The van der Waals surface area contributed by atoms with Gasteiger partial charge in [-0.05, 0) is 23.6 Å². The lowest BCUT2D eigenvalue weighted by atomic mass is 10.1. The second-order valence-electron chi connectivity index (χ2n) is 4.45. The van der Waals surface area contributed by atoms with Gasteiger partial charge in [-0.25, -0.2) is 8.42 Å². The topological polar surface area (TPSA) is 46.2 Å². The van der Waals surface area contributed by atoms with Crippen LogP contribution < -0.4 is 4.72 Å². The van der Waals surface area contributed by atoms with Crippen LogP contribution in [0.5, 0.6) is 0 Å². The molecule has 0 atom stereocenters. The third-order valence-corrected chi connectivity index (χ3v) is 4.50. The Balaban J connectivity index is 2.10. The minimum atomic E-state index is -3.59. The molecule has 0 aliphatic rings. The summed E-state index contributed by atoms with van der Waals surface area (Å²) in [6.45, 7) is 0. The Kier molecular flexibility index (Phi) is 3.16. The average molecular weight is 283 g/mol. The van der Waals surface area contributed by atoms with E-state index >= 15 is 0 Å². The van der Waals surface area contributed by atoms with Gasteiger partial charge in [0.1, 0.15) is 0 Å². The van der Waals surface area contributed by atoms with Crippen molar-refractivity contribution in [1.82, 2.24) is 0 Å². The zero-order valence-electron chi connectivity index (χ0n) is 10.7. The maximum absolute atomic E-state index is 12.5. The van der Waals surface area contributed by atoms with Gasteiger partial charge in [-0.1, -0.05) is 54.6 Å². The van der Waals surface area contributed by atoms with Gasteiger partial charge in [-0.3, -0.25) is 4.72 Å². The maximum atomic E-state index is 12.5. The molecule has 0 aromatic heterocycles. The zero-order valence-corrected chi connectivity index (χ0v) is 11.5. The first-order valence-corrected chi connectivity index (χ1v) is 7.71. The molecule has 0 aliphatic heterocycles. The van der Waals surface area contributed by atoms with Crippen molar-refractivity contribution in [2.45, 2.75) is 4.90 Å². The summed E-state index contributed by atoms with van der Waals surface area (Å²) in [5.41, 5.74) is 0.556. The SMILES string of the molecule is O=S(=O)(Nc1ccccc1)c1cccc2ccccc12. The predicted octanol–water partition coefficient (Wildman–Crippen LogP) is 3.64. The summed E-state index contributed by atoms with van der Waals surface area (Å²) < 4.78 is 27.6. The molecule has 0 unspecified atom stereocenters. The molecule has 3 aromatic rings. The molecule has 0 spiro atoms. The number of sulfonamides is 1. The highest BCUT2D eigenvalue weighted by atomic mass is 32.2. The van der Waals surface area contributed by atoms with Gasteiger partial charge in [0.2, 0.25) is 0 Å².